The number of rotatable bonds is 8. The monoisotopic (exact) mass is 479 g/mol. The van der Waals surface area contributed by atoms with Gasteiger partial charge in [0.2, 0.25) is 0 Å². The fourth-order valence-corrected chi connectivity index (χ4v) is 4.51. The minimum Gasteiger partial charge on any atom is -0.508 e. The average Bonchev–Trinajstić information content (AvgIpc) is 2.88. The standard InChI is InChI=1S/C32H33NO3/c1-31(2,3)36-30(35)29(23-24-19-21-28(34)22-20-24)33-32(25-13-7-4-8-14-25,26-15-9-5-10-16-26)27-17-11-6-12-18-27/h4-22,29,33-34H,23H2,1-3H3/t29-/m1/s1. The highest BCUT2D eigenvalue weighted by Gasteiger charge is 2.40. The molecule has 0 spiro atoms. The first-order valence-corrected chi connectivity index (χ1v) is 12.2. The highest BCUT2D eigenvalue weighted by Crippen LogP contribution is 2.37. The SMILES string of the molecule is CC(C)(C)OC(=O)[C@@H](Cc1ccc(O)cc1)NC(c1ccccc1)(c1ccccc1)c1ccccc1. The predicted molar refractivity (Wildman–Crippen MR) is 144 cm³/mol. The van der Waals surface area contributed by atoms with Gasteiger partial charge in [-0.05, 0) is 61.6 Å². The molecule has 0 aromatic heterocycles. The maximum Gasteiger partial charge on any atom is 0.324 e. The Kier molecular flexibility index (Phi) is 7.56. The van der Waals surface area contributed by atoms with Crippen molar-refractivity contribution < 1.29 is 14.6 Å². The molecule has 4 aromatic rings. The molecule has 0 saturated carbocycles. The van der Waals surface area contributed by atoms with Crippen molar-refractivity contribution in [3.8, 4) is 5.75 Å². The largest absolute Gasteiger partial charge is 0.508 e. The van der Waals surface area contributed by atoms with Crippen molar-refractivity contribution >= 4 is 5.97 Å². The molecule has 0 radical (unpaired) electrons. The van der Waals surface area contributed by atoms with E-state index in [0.717, 1.165) is 22.3 Å². The minimum absolute atomic E-state index is 0.188. The van der Waals surface area contributed by atoms with Gasteiger partial charge in [-0.25, -0.2) is 0 Å². The first kappa shape index (κ1) is 25.2. The van der Waals surface area contributed by atoms with Crippen LogP contribution in [0.4, 0.5) is 0 Å². The molecule has 1 atom stereocenters. The van der Waals surface area contributed by atoms with E-state index in [2.05, 4.69) is 41.7 Å². The molecule has 0 unspecified atom stereocenters. The third kappa shape index (κ3) is 5.84. The number of carbonyl (C=O) groups excluding carboxylic acids is 1. The lowest BCUT2D eigenvalue weighted by atomic mass is 9.76. The van der Waals surface area contributed by atoms with E-state index in [-0.39, 0.29) is 11.7 Å². The number of phenolic OH excluding ortho intramolecular Hbond substituents is 1. The summed E-state index contributed by atoms with van der Waals surface area (Å²) in [6.07, 6.45) is 0.392. The Morgan fingerprint density at radius 2 is 1.14 bits per heavy atom. The van der Waals surface area contributed by atoms with Crippen molar-refractivity contribution in [1.29, 1.82) is 0 Å². The number of aromatic hydroxyl groups is 1. The van der Waals surface area contributed by atoms with Crippen LogP contribution in [0.5, 0.6) is 5.75 Å². The fraction of sp³-hybridized carbons (Fsp3) is 0.219. The van der Waals surface area contributed by atoms with Crippen molar-refractivity contribution in [2.24, 2.45) is 0 Å². The number of hydrogen-bond acceptors (Lipinski definition) is 4. The highest BCUT2D eigenvalue weighted by atomic mass is 16.6. The molecule has 0 fully saturated rings. The van der Waals surface area contributed by atoms with Gasteiger partial charge in [-0.3, -0.25) is 10.1 Å². The van der Waals surface area contributed by atoms with Crippen LogP contribution in [-0.4, -0.2) is 22.7 Å². The molecule has 0 aliphatic heterocycles. The van der Waals surface area contributed by atoms with Crippen LogP contribution in [0, 0.1) is 0 Å². The summed E-state index contributed by atoms with van der Waals surface area (Å²) in [5.41, 5.74) is 2.51. The number of hydrogen-bond donors (Lipinski definition) is 2. The normalized spacial score (nSPS) is 12.6. The fourth-order valence-electron chi connectivity index (χ4n) is 4.51. The molecule has 4 aromatic carbocycles. The van der Waals surface area contributed by atoms with Crippen molar-refractivity contribution in [3.63, 3.8) is 0 Å². The van der Waals surface area contributed by atoms with Gasteiger partial charge < -0.3 is 9.84 Å². The molecule has 0 bridgehead atoms. The van der Waals surface area contributed by atoms with E-state index in [9.17, 15) is 9.90 Å². The molecule has 0 saturated heterocycles. The molecule has 4 nitrogen and oxygen atoms in total. The number of carbonyl (C=O) groups is 1. The first-order valence-electron chi connectivity index (χ1n) is 12.2. The van der Waals surface area contributed by atoms with E-state index in [1.165, 1.54) is 0 Å². The lowest BCUT2D eigenvalue weighted by Gasteiger charge is -2.40. The Morgan fingerprint density at radius 1 is 0.722 bits per heavy atom. The van der Waals surface area contributed by atoms with Crippen molar-refractivity contribution in [2.45, 2.75) is 44.4 Å². The molecule has 36 heavy (non-hydrogen) atoms. The van der Waals surface area contributed by atoms with E-state index in [1.807, 2.05) is 87.5 Å². The van der Waals surface area contributed by atoms with Gasteiger partial charge in [0.25, 0.3) is 0 Å². The first-order chi connectivity index (χ1) is 17.3. The van der Waals surface area contributed by atoms with Crippen molar-refractivity contribution in [3.05, 3.63) is 138 Å². The summed E-state index contributed by atoms with van der Waals surface area (Å²) in [7, 11) is 0. The van der Waals surface area contributed by atoms with Crippen LogP contribution < -0.4 is 5.32 Å². The zero-order valence-electron chi connectivity index (χ0n) is 21.0. The van der Waals surface area contributed by atoms with Gasteiger partial charge in [0.1, 0.15) is 17.4 Å². The second kappa shape index (κ2) is 10.8. The number of nitrogens with one attached hydrogen (secondary N) is 1. The summed E-state index contributed by atoms with van der Waals surface area (Å²) in [4.78, 5) is 13.7. The van der Waals surface area contributed by atoms with Crippen LogP contribution in [0.1, 0.15) is 43.0 Å². The summed E-state index contributed by atoms with van der Waals surface area (Å²) in [6.45, 7) is 5.63. The van der Waals surface area contributed by atoms with Crippen molar-refractivity contribution in [2.75, 3.05) is 0 Å². The molecule has 4 rings (SSSR count). The predicted octanol–water partition coefficient (Wildman–Crippen LogP) is 6.23. The lowest BCUT2D eigenvalue weighted by molar-refractivity contribution is -0.157. The molecular formula is C32H33NO3. The third-order valence-corrected chi connectivity index (χ3v) is 6.08. The zero-order valence-corrected chi connectivity index (χ0v) is 21.0. The van der Waals surface area contributed by atoms with Crippen LogP contribution in [-0.2, 0) is 21.5 Å². The second-order valence-corrected chi connectivity index (χ2v) is 9.95. The summed E-state index contributed by atoms with van der Waals surface area (Å²) < 4.78 is 5.90. The maximum atomic E-state index is 13.7. The number of ether oxygens (including phenoxy) is 1. The quantitative estimate of drug-likeness (QED) is 0.232. The molecular weight excluding hydrogens is 446 g/mol. The lowest BCUT2D eigenvalue weighted by Crippen LogP contribution is -2.54. The Morgan fingerprint density at radius 3 is 1.53 bits per heavy atom. The van der Waals surface area contributed by atoms with E-state index in [1.54, 1.807) is 12.1 Å². The topological polar surface area (TPSA) is 58.6 Å². The smallest absolute Gasteiger partial charge is 0.324 e. The molecule has 0 aliphatic carbocycles. The van der Waals surface area contributed by atoms with E-state index in [0.29, 0.717) is 6.42 Å². The van der Waals surface area contributed by atoms with E-state index < -0.39 is 17.2 Å². The molecule has 2 N–H and O–H groups in total. The Balaban J connectivity index is 1.89. The summed E-state index contributed by atoms with van der Waals surface area (Å²) in [5.74, 6) is -0.143. The Labute approximate surface area is 213 Å². The average molecular weight is 480 g/mol. The van der Waals surface area contributed by atoms with Crippen LogP contribution in [0.25, 0.3) is 0 Å². The molecule has 0 aliphatic rings. The zero-order chi connectivity index (χ0) is 25.6. The van der Waals surface area contributed by atoms with Crippen molar-refractivity contribution in [1.82, 2.24) is 5.32 Å². The molecule has 0 heterocycles. The Bertz CT molecular complexity index is 1150. The number of phenols is 1. The molecule has 0 amide bonds. The van der Waals surface area contributed by atoms with Crippen LogP contribution in [0.3, 0.4) is 0 Å². The Hall–Kier alpha value is -3.89. The van der Waals surface area contributed by atoms with Gasteiger partial charge in [-0.1, -0.05) is 103 Å². The summed E-state index contributed by atoms with van der Waals surface area (Å²) in [5, 5.41) is 13.5. The molecule has 4 heteroatoms. The third-order valence-electron chi connectivity index (χ3n) is 6.08. The highest BCUT2D eigenvalue weighted by molar-refractivity contribution is 5.77. The van der Waals surface area contributed by atoms with Gasteiger partial charge in [-0.2, -0.15) is 0 Å². The van der Waals surface area contributed by atoms with Crippen LogP contribution in [0.15, 0.2) is 115 Å². The number of benzene rings is 4. The summed E-state index contributed by atoms with van der Waals surface area (Å²) in [6, 6.07) is 36.8. The van der Waals surface area contributed by atoms with Gasteiger partial charge in [0.05, 0.1) is 5.54 Å². The maximum absolute atomic E-state index is 13.7. The molecule has 184 valence electrons. The van der Waals surface area contributed by atoms with Crippen LogP contribution >= 0.6 is 0 Å². The minimum atomic E-state index is -0.817. The van der Waals surface area contributed by atoms with Gasteiger partial charge in [-0.15, -0.1) is 0 Å². The number of esters is 1. The summed E-state index contributed by atoms with van der Waals surface area (Å²) >= 11 is 0. The van der Waals surface area contributed by atoms with Gasteiger partial charge >= 0.3 is 5.97 Å². The van der Waals surface area contributed by atoms with Crippen LogP contribution in [0.2, 0.25) is 0 Å². The van der Waals surface area contributed by atoms with E-state index in [4.69, 9.17) is 4.74 Å². The van der Waals surface area contributed by atoms with E-state index >= 15 is 0 Å². The van der Waals surface area contributed by atoms with Gasteiger partial charge in [0, 0.05) is 0 Å². The second-order valence-electron chi connectivity index (χ2n) is 9.95. The van der Waals surface area contributed by atoms with Gasteiger partial charge in [0.15, 0.2) is 0 Å².